The molecule has 0 atom stereocenters. The van der Waals surface area contributed by atoms with E-state index in [9.17, 15) is 41.0 Å². The standard InChI is InChI=1S/C18H17F6N7O4/c1-3-30-10(5-32)29-31(17(30)34)14-9(19)4-8(16(26-14)35-6-18(22,23)24)15(33)25-11-7(2)27-28-12(11)13(20)21/h4,13,32H,3,5-6H2,1-2H3,(H,25,33)(H,27,28). The molecule has 3 rings (SSSR count). The van der Waals surface area contributed by atoms with Crippen LogP contribution in [0.15, 0.2) is 10.9 Å². The predicted octanol–water partition coefficient (Wildman–Crippen LogP) is 2.24. The molecule has 190 valence electrons. The molecular weight excluding hydrogens is 492 g/mol. The fourth-order valence-electron chi connectivity index (χ4n) is 2.99. The first-order valence-electron chi connectivity index (χ1n) is 9.72. The van der Waals surface area contributed by atoms with Crippen LogP contribution in [0.3, 0.4) is 0 Å². The molecular formula is C18H17F6N7O4. The number of alkyl halides is 5. The van der Waals surface area contributed by atoms with Crippen LogP contribution in [-0.2, 0) is 13.2 Å². The summed E-state index contributed by atoms with van der Waals surface area (Å²) >= 11 is 0. The van der Waals surface area contributed by atoms with E-state index in [4.69, 9.17) is 0 Å². The number of ether oxygens (including phenoxy) is 1. The summed E-state index contributed by atoms with van der Waals surface area (Å²) in [5.41, 5.74) is -3.20. The van der Waals surface area contributed by atoms with Gasteiger partial charge in [0.25, 0.3) is 12.3 Å². The third kappa shape index (κ3) is 5.28. The Morgan fingerprint density at radius 1 is 1.34 bits per heavy atom. The van der Waals surface area contributed by atoms with Crippen LogP contribution in [0.5, 0.6) is 5.88 Å². The van der Waals surface area contributed by atoms with Crippen LogP contribution < -0.4 is 15.7 Å². The molecule has 0 spiro atoms. The number of hydrogen-bond acceptors (Lipinski definition) is 7. The highest BCUT2D eigenvalue weighted by atomic mass is 19.4. The number of aromatic amines is 1. The Hall–Kier alpha value is -3.89. The lowest BCUT2D eigenvalue weighted by atomic mass is 10.2. The number of hydrogen-bond donors (Lipinski definition) is 3. The minimum Gasteiger partial charge on any atom is -0.467 e. The fourth-order valence-corrected chi connectivity index (χ4v) is 2.99. The van der Waals surface area contributed by atoms with Crippen LogP contribution in [0.4, 0.5) is 32.0 Å². The lowest BCUT2D eigenvalue weighted by molar-refractivity contribution is -0.154. The van der Waals surface area contributed by atoms with Gasteiger partial charge in [-0.15, -0.1) is 5.10 Å². The highest BCUT2D eigenvalue weighted by Gasteiger charge is 2.31. The highest BCUT2D eigenvalue weighted by molar-refractivity contribution is 6.06. The molecule has 11 nitrogen and oxygen atoms in total. The largest absolute Gasteiger partial charge is 0.467 e. The number of amides is 1. The molecule has 3 aromatic rings. The number of aliphatic hydroxyl groups excluding tert-OH is 1. The van der Waals surface area contributed by atoms with Gasteiger partial charge in [0.2, 0.25) is 5.88 Å². The van der Waals surface area contributed by atoms with Crippen molar-refractivity contribution in [1.29, 1.82) is 0 Å². The minimum absolute atomic E-state index is 0.00958. The Kier molecular flexibility index (Phi) is 7.18. The van der Waals surface area contributed by atoms with Gasteiger partial charge in [-0.05, 0) is 19.9 Å². The van der Waals surface area contributed by atoms with E-state index in [1.165, 1.54) is 13.8 Å². The van der Waals surface area contributed by atoms with Gasteiger partial charge in [0.15, 0.2) is 29.8 Å². The van der Waals surface area contributed by atoms with E-state index in [2.05, 4.69) is 25.0 Å². The molecule has 1 amide bonds. The zero-order valence-corrected chi connectivity index (χ0v) is 18.0. The van der Waals surface area contributed by atoms with Gasteiger partial charge in [0.1, 0.15) is 12.2 Å². The highest BCUT2D eigenvalue weighted by Crippen LogP contribution is 2.30. The van der Waals surface area contributed by atoms with Gasteiger partial charge in [-0.25, -0.2) is 18.0 Å². The second-order valence-electron chi connectivity index (χ2n) is 6.93. The first-order chi connectivity index (χ1) is 16.4. The summed E-state index contributed by atoms with van der Waals surface area (Å²) in [4.78, 5) is 28.7. The molecule has 0 unspecified atom stereocenters. The minimum atomic E-state index is -4.89. The van der Waals surface area contributed by atoms with E-state index in [1.54, 1.807) is 0 Å². The van der Waals surface area contributed by atoms with Crippen molar-refractivity contribution in [2.45, 2.75) is 39.6 Å². The maximum atomic E-state index is 14.9. The molecule has 35 heavy (non-hydrogen) atoms. The van der Waals surface area contributed by atoms with Crippen molar-refractivity contribution in [2.24, 2.45) is 0 Å². The Morgan fingerprint density at radius 2 is 2.03 bits per heavy atom. The molecule has 17 heteroatoms. The average Bonchev–Trinajstić information content (AvgIpc) is 3.31. The molecule has 0 radical (unpaired) electrons. The van der Waals surface area contributed by atoms with E-state index in [0.29, 0.717) is 10.7 Å². The first kappa shape index (κ1) is 25.7. The van der Waals surface area contributed by atoms with Gasteiger partial charge in [0.05, 0.1) is 11.4 Å². The number of nitrogens with zero attached hydrogens (tertiary/aromatic N) is 5. The van der Waals surface area contributed by atoms with Crippen LogP contribution in [0, 0.1) is 12.7 Å². The molecule has 0 aliphatic rings. The fraction of sp³-hybridized carbons (Fsp3) is 0.389. The van der Waals surface area contributed by atoms with E-state index >= 15 is 0 Å². The van der Waals surface area contributed by atoms with Crippen LogP contribution >= 0.6 is 0 Å². The Labute approximate surface area is 191 Å². The van der Waals surface area contributed by atoms with Gasteiger partial charge in [-0.1, -0.05) is 0 Å². The van der Waals surface area contributed by atoms with Gasteiger partial charge in [-0.2, -0.15) is 27.9 Å². The number of aryl methyl sites for hydroxylation is 1. The van der Waals surface area contributed by atoms with Gasteiger partial charge in [0, 0.05) is 6.54 Å². The molecule has 3 aromatic heterocycles. The summed E-state index contributed by atoms with van der Waals surface area (Å²) in [7, 11) is 0. The van der Waals surface area contributed by atoms with Crippen molar-refractivity contribution in [3.8, 4) is 11.7 Å². The number of halogens is 6. The van der Waals surface area contributed by atoms with Crippen LogP contribution in [0.1, 0.15) is 40.9 Å². The smallest absolute Gasteiger partial charge is 0.422 e. The van der Waals surface area contributed by atoms with Crippen molar-refractivity contribution < 1.29 is 41.0 Å². The molecule has 0 saturated heterocycles. The van der Waals surface area contributed by atoms with E-state index in [-0.39, 0.29) is 18.1 Å². The summed E-state index contributed by atoms with van der Waals surface area (Å²) in [6.45, 7) is 0.162. The Balaban J connectivity index is 2.11. The quantitative estimate of drug-likeness (QED) is 0.396. The Bertz CT molecular complexity index is 1300. The SMILES string of the molecule is CCn1c(CO)nn(-c2nc(OCC(F)(F)F)c(C(=O)Nc3c(C(F)F)n[nH]c3C)cc2F)c1=O. The molecule has 0 aliphatic carbocycles. The number of aliphatic hydroxyl groups is 1. The number of H-pyrrole nitrogens is 1. The molecule has 0 saturated carbocycles. The van der Waals surface area contributed by atoms with Gasteiger partial charge < -0.3 is 15.2 Å². The number of nitrogens with one attached hydrogen (secondary N) is 2. The number of rotatable bonds is 8. The van der Waals surface area contributed by atoms with Crippen molar-refractivity contribution in [1.82, 2.24) is 29.5 Å². The van der Waals surface area contributed by atoms with Gasteiger partial charge in [-0.3, -0.25) is 14.5 Å². The second kappa shape index (κ2) is 9.77. The summed E-state index contributed by atoms with van der Waals surface area (Å²) < 4.78 is 85.4. The summed E-state index contributed by atoms with van der Waals surface area (Å²) in [5.74, 6) is -4.88. The first-order valence-corrected chi connectivity index (χ1v) is 9.72. The monoisotopic (exact) mass is 509 g/mol. The maximum absolute atomic E-state index is 14.9. The van der Waals surface area contributed by atoms with Gasteiger partial charge >= 0.3 is 11.9 Å². The zero-order valence-electron chi connectivity index (χ0n) is 18.0. The molecule has 0 aromatic carbocycles. The maximum Gasteiger partial charge on any atom is 0.422 e. The third-order valence-corrected chi connectivity index (χ3v) is 4.56. The topological polar surface area (TPSA) is 140 Å². The lowest BCUT2D eigenvalue weighted by Crippen LogP contribution is -2.27. The van der Waals surface area contributed by atoms with E-state index in [1.807, 2.05) is 5.32 Å². The van der Waals surface area contributed by atoms with Crippen LogP contribution in [0.2, 0.25) is 0 Å². The average molecular weight is 509 g/mol. The molecule has 0 aliphatic heterocycles. The normalized spacial score (nSPS) is 11.8. The van der Waals surface area contributed by atoms with Crippen molar-refractivity contribution in [3.05, 3.63) is 45.1 Å². The predicted molar refractivity (Wildman–Crippen MR) is 105 cm³/mol. The Morgan fingerprint density at radius 3 is 2.57 bits per heavy atom. The molecule has 3 N–H and O–H groups in total. The third-order valence-electron chi connectivity index (χ3n) is 4.56. The van der Waals surface area contributed by atoms with E-state index < -0.39 is 71.9 Å². The van der Waals surface area contributed by atoms with Crippen molar-refractivity contribution in [2.75, 3.05) is 11.9 Å². The second-order valence-corrected chi connectivity index (χ2v) is 6.93. The van der Waals surface area contributed by atoms with Crippen LogP contribution in [-0.4, -0.2) is 53.3 Å². The number of carbonyl (C=O) groups excluding carboxylic acids is 1. The summed E-state index contributed by atoms with van der Waals surface area (Å²) in [6, 6.07) is 0.414. The lowest BCUT2D eigenvalue weighted by Gasteiger charge is -2.14. The number of anilines is 1. The number of pyridine rings is 1. The zero-order chi connectivity index (χ0) is 26.1. The van der Waals surface area contributed by atoms with Crippen molar-refractivity contribution >= 4 is 11.6 Å². The van der Waals surface area contributed by atoms with E-state index in [0.717, 1.165) is 4.57 Å². The number of carbonyl (C=O) groups is 1. The van der Waals surface area contributed by atoms with Crippen molar-refractivity contribution in [3.63, 3.8) is 0 Å². The summed E-state index contributed by atoms with van der Waals surface area (Å²) in [6.07, 6.45) is -8.01. The molecule has 3 heterocycles. The molecule has 0 fully saturated rings. The number of aromatic nitrogens is 6. The van der Waals surface area contributed by atoms with Crippen LogP contribution in [0.25, 0.3) is 5.82 Å². The molecule has 0 bridgehead atoms. The summed E-state index contributed by atoms with van der Waals surface area (Å²) in [5, 5.41) is 20.6.